The lowest BCUT2D eigenvalue weighted by atomic mass is 9.85. The first-order chi connectivity index (χ1) is 10.2. The van der Waals surface area contributed by atoms with Gasteiger partial charge >= 0.3 is 0 Å². The van der Waals surface area contributed by atoms with Crippen LogP contribution in [0.25, 0.3) is 0 Å². The predicted molar refractivity (Wildman–Crippen MR) is 89.8 cm³/mol. The van der Waals surface area contributed by atoms with Crippen molar-refractivity contribution in [3.8, 4) is 0 Å². The summed E-state index contributed by atoms with van der Waals surface area (Å²) in [5.41, 5.74) is 1.35. The molecular weight excluding hydrogens is 278 g/mol. The largest absolute Gasteiger partial charge is 0.394 e. The standard InChI is InChI=1S/C18H27NOS/c1-14-4-8-17(9-5-14)21-12-10-15-3-2-11-18(15,13-20)19-16-6-7-16/h4-5,8-9,15-16,19-20H,2-3,6-7,10-13H2,1H3. The summed E-state index contributed by atoms with van der Waals surface area (Å²) >= 11 is 1.95. The van der Waals surface area contributed by atoms with Crippen LogP contribution in [0, 0.1) is 12.8 Å². The first-order valence-corrected chi connectivity index (χ1v) is 9.28. The number of nitrogens with one attached hydrogen (secondary N) is 1. The van der Waals surface area contributed by atoms with E-state index in [9.17, 15) is 5.11 Å². The molecule has 0 aromatic heterocycles. The van der Waals surface area contributed by atoms with Crippen molar-refractivity contribution in [3.63, 3.8) is 0 Å². The third-order valence-electron chi connectivity index (χ3n) is 5.06. The Hall–Kier alpha value is -0.510. The van der Waals surface area contributed by atoms with Crippen LogP contribution in [0.1, 0.15) is 44.1 Å². The van der Waals surface area contributed by atoms with Gasteiger partial charge < -0.3 is 10.4 Å². The molecule has 2 N–H and O–H groups in total. The van der Waals surface area contributed by atoms with E-state index in [2.05, 4.69) is 36.5 Å². The Kier molecular flexibility index (Phi) is 4.92. The molecule has 1 aromatic carbocycles. The van der Waals surface area contributed by atoms with E-state index in [1.807, 2.05) is 11.8 Å². The van der Waals surface area contributed by atoms with Crippen molar-refractivity contribution in [2.24, 2.45) is 5.92 Å². The fourth-order valence-corrected chi connectivity index (χ4v) is 4.56. The Balaban J connectivity index is 1.52. The normalized spacial score (nSPS) is 29.0. The van der Waals surface area contributed by atoms with E-state index < -0.39 is 0 Å². The van der Waals surface area contributed by atoms with Gasteiger partial charge in [0.25, 0.3) is 0 Å². The van der Waals surface area contributed by atoms with Crippen LogP contribution in [0.5, 0.6) is 0 Å². The fourth-order valence-electron chi connectivity index (χ4n) is 3.60. The summed E-state index contributed by atoms with van der Waals surface area (Å²) in [5, 5.41) is 13.7. The van der Waals surface area contributed by atoms with Crippen molar-refractivity contribution in [3.05, 3.63) is 29.8 Å². The van der Waals surface area contributed by atoms with Crippen molar-refractivity contribution in [1.82, 2.24) is 5.32 Å². The molecule has 2 nitrogen and oxygen atoms in total. The van der Waals surface area contributed by atoms with Crippen molar-refractivity contribution in [2.45, 2.75) is 61.9 Å². The highest BCUT2D eigenvalue weighted by molar-refractivity contribution is 7.99. The highest BCUT2D eigenvalue weighted by atomic mass is 32.2. The Morgan fingerprint density at radius 3 is 2.67 bits per heavy atom. The van der Waals surface area contributed by atoms with Crippen molar-refractivity contribution < 1.29 is 5.11 Å². The van der Waals surface area contributed by atoms with Crippen LogP contribution >= 0.6 is 11.8 Å². The van der Waals surface area contributed by atoms with Gasteiger partial charge in [-0.05, 0) is 62.8 Å². The van der Waals surface area contributed by atoms with Crippen LogP contribution in [-0.4, -0.2) is 29.0 Å². The molecule has 3 rings (SSSR count). The van der Waals surface area contributed by atoms with Crippen LogP contribution in [0.15, 0.2) is 29.2 Å². The first-order valence-electron chi connectivity index (χ1n) is 8.30. The van der Waals surface area contributed by atoms with E-state index in [-0.39, 0.29) is 5.54 Å². The number of thioether (sulfide) groups is 1. The van der Waals surface area contributed by atoms with E-state index in [1.54, 1.807) is 0 Å². The van der Waals surface area contributed by atoms with Gasteiger partial charge in [-0.3, -0.25) is 0 Å². The second-order valence-electron chi connectivity index (χ2n) is 6.77. The third-order valence-corrected chi connectivity index (χ3v) is 6.11. The summed E-state index contributed by atoms with van der Waals surface area (Å²) in [5.74, 6) is 1.79. The number of aliphatic hydroxyl groups excluding tert-OH is 1. The van der Waals surface area contributed by atoms with Crippen LogP contribution in [0.2, 0.25) is 0 Å². The number of aliphatic hydroxyl groups is 1. The molecule has 2 saturated carbocycles. The summed E-state index contributed by atoms with van der Waals surface area (Å²) in [4.78, 5) is 1.36. The zero-order valence-corrected chi connectivity index (χ0v) is 13.8. The molecule has 2 unspecified atom stereocenters. The molecule has 1 aromatic rings. The molecule has 2 aliphatic rings. The molecule has 21 heavy (non-hydrogen) atoms. The maximum Gasteiger partial charge on any atom is 0.0616 e. The molecule has 2 atom stereocenters. The highest BCUT2D eigenvalue weighted by Gasteiger charge is 2.44. The van der Waals surface area contributed by atoms with E-state index in [0.717, 1.165) is 12.2 Å². The lowest BCUT2D eigenvalue weighted by molar-refractivity contribution is 0.120. The number of aryl methyl sites for hydroxylation is 1. The first kappa shape index (κ1) is 15.4. The van der Waals surface area contributed by atoms with Crippen LogP contribution in [0.3, 0.4) is 0 Å². The zero-order chi connectivity index (χ0) is 14.7. The van der Waals surface area contributed by atoms with Gasteiger partial charge in [0.2, 0.25) is 0 Å². The van der Waals surface area contributed by atoms with E-state index in [0.29, 0.717) is 18.6 Å². The summed E-state index contributed by atoms with van der Waals surface area (Å²) in [6, 6.07) is 9.49. The van der Waals surface area contributed by atoms with Crippen molar-refractivity contribution >= 4 is 11.8 Å². The lowest BCUT2D eigenvalue weighted by Gasteiger charge is -2.35. The Morgan fingerprint density at radius 2 is 2.00 bits per heavy atom. The topological polar surface area (TPSA) is 32.3 Å². The maximum absolute atomic E-state index is 9.94. The highest BCUT2D eigenvalue weighted by Crippen LogP contribution is 2.41. The Morgan fingerprint density at radius 1 is 1.24 bits per heavy atom. The van der Waals surface area contributed by atoms with Gasteiger partial charge in [-0.2, -0.15) is 0 Å². The second-order valence-corrected chi connectivity index (χ2v) is 7.94. The Labute approximate surface area is 132 Å². The van der Waals surface area contributed by atoms with Gasteiger partial charge in [0, 0.05) is 16.5 Å². The van der Waals surface area contributed by atoms with Crippen LogP contribution < -0.4 is 5.32 Å². The smallest absolute Gasteiger partial charge is 0.0616 e. The van der Waals surface area contributed by atoms with E-state index in [4.69, 9.17) is 0 Å². The molecule has 0 spiro atoms. The number of hydrogen-bond acceptors (Lipinski definition) is 3. The molecule has 0 bridgehead atoms. The minimum absolute atomic E-state index is 0.0228. The lowest BCUT2D eigenvalue weighted by Crippen LogP contribution is -2.52. The van der Waals surface area contributed by atoms with Gasteiger partial charge in [0.05, 0.1) is 6.61 Å². The molecule has 0 radical (unpaired) electrons. The van der Waals surface area contributed by atoms with Crippen molar-refractivity contribution in [2.75, 3.05) is 12.4 Å². The molecular formula is C18H27NOS. The summed E-state index contributed by atoms with van der Waals surface area (Å²) in [7, 11) is 0. The quantitative estimate of drug-likeness (QED) is 0.752. The summed E-state index contributed by atoms with van der Waals surface area (Å²) in [6.07, 6.45) is 7.49. The van der Waals surface area contributed by atoms with Crippen LogP contribution in [0.4, 0.5) is 0 Å². The average molecular weight is 305 g/mol. The predicted octanol–water partition coefficient (Wildman–Crippen LogP) is 3.76. The minimum atomic E-state index is 0.0228. The van der Waals surface area contributed by atoms with Gasteiger partial charge in [0.15, 0.2) is 0 Å². The Bertz CT molecular complexity index is 457. The van der Waals surface area contributed by atoms with E-state index in [1.165, 1.54) is 42.6 Å². The molecule has 0 saturated heterocycles. The fraction of sp³-hybridized carbons (Fsp3) is 0.667. The molecule has 0 aliphatic heterocycles. The minimum Gasteiger partial charge on any atom is -0.394 e. The molecule has 3 heteroatoms. The molecule has 2 aliphatic carbocycles. The molecule has 116 valence electrons. The third kappa shape index (κ3) is 3.82. The van der Waals surface area contributed by atoms with E-state index >= 15 is 0 Å². The zero-order valence-electron chi connectivity index (χ0n) is 13.0. The number of rotatable bonds is 7. The molecule has 0 heterocycles. The molecule has 0 amide bonds. The molecule has 2 fully saturated rings. The SMILES string of the molecule is Cc1ccc(SCCC2CCCC2(CO)NC2CC2)cc1. The summed E-state index contributed by atoms with van der Waals surface area (Å²) in [6.45, 7) is 2.44. The van der Waals surface area contributed by atoms with Crippen LogP contribution in [-0.2, 0) is 0 Å². The van der Waals surface area contributed by atoms with Gasteiger partial charge in [-0.1, -0.05) is 24.1 Å². The average Bonchev–Trinajstić information content (AvgIpc) is 3.21. The summed E-state index contributed by atoms with van der Waals surface area (Å²) < 4.78 is 0. The van der Waals surface area contributed by atoms with Crippen molar-refractivity contribution in [1.29, 1.82) is 0 Å². The van der Waals surface area contributed by atoms with Gasteiger partial charge in [0.1, 0.15) is 0 Å². The number of benzene rings is 1. The van der Waals surface area contributed by atoms with Gasteiger partial charge in [-0.15, -0.1) is 11.8 Å². The maximum atomic E-state index is 9.94. The monoisotopic (exact) mass is 305 g/mol. The number of hydrogen-bond donors (Lipinski definition) is 2. The van der Waals surface area contributed by atoms with Gasteiger partial charge in [-0.25, -0.2) is 0 Å². The second kappa shape index (κ2) is 6.72.